The number of benzene rings is 2. The molecule has 2 aromatic carbocycles. The number of carbonyl (C=O) groups is 2. The fourth-order valence-corrected chi connectivity index (χ4v) is 3.36. The van der Waals surface area contributed by atoms with Crippen molar-refractivity contribution in [3.63, 3.8) is 0 Å². The van der Waals surface area contributed by atoms with Gasteiger partial charge in [0.1, 0.15) is 0 Å². The van der Waals surface area contributed by atoms with Gasteiger partial charge in [-0.15, -0.1) is 0 Å². The zero-order valence-electron chi connectivity index (χ0n) is 14.5. The van der Waals surface area contributed by atoms with Crippen LogP contribution in [0.3, 0.4) is 0 Å². The third kappa shape index (κ3) is 6.14. The topological polar surface area (TPSA) is 72.5 Å². The molecule has 0 fully saturated rings. The first-order valence-corrected chi connectivity index (χ1v) is 10.2. The molecule has 27 heavy (non-hydrogen) atoms. The number of nitrogens with one attached hydrogen (secondary N) is 1. The van der Waals surface area contributed by atoms with Gasteiger partial charge < -0.3 is 10.1 Å². The van der Waals surface area contributed by atoms with Crippen LogP contribution in [0.4, 0.5) is 14.5 Å². The van der Waals surface area contributed by atoms with E-state index in [0.717, 1.165) is 0 Å². The second-order valence-electron chi connectivity index (χ2n) is 5.39. The van der Waals surface area contributed by atoms with Crippen LogP contribution >= 0.6 is 11.8 Å². The minimum Gasteiger partial charge on any atom is -0.449 e. The molecule has 0 heterocycles. The van der Waals surface area contributed by atoms with E-state index < -0.39 is 34.5 Å². The summed E-state index contributed by atoms with van der Waals surface area (Å²) in [5.74, 6) is -3.86. The minimum absolute atomic E-state index is 0.131. The molecule has 0 aliphatic carbocycles. The van der Waals surface area contributed by atoms with Gasteiger partial charge in [0.2, 0.25) is 0 Å². The van der Waals surface area contributed by atoms with Crippen molar-refractivity contribution in [2.45, 2.75) is 28.6 Å². The van der Waals surface area contributed by atoms with Crippen LogP contribution in [0.15, 0.2) is 58.3 Å². The van der Waals surface area contributed by atoms with E-state index in [9.17, 15) is 22.6 Å². The highest BCUT2D eigenvalue weighted by molar-refractivity contribution is 7.99. The van der Waals surface area contributed by atoms with Gasteiger partial charge in [-0.05, 0) is 43.3 Å². The Morgan fingerprint density at radius 1 is 1.11 bits per heavy atom. The average molecular weight is 413 g/mol. The van der Waals surface area contributed by atoms with Crippen LogP contribution in [0.1, 0.15) is 17.3 Å². The van der Waals surface area contributed by atoms with E-state index >= 15 is 0 Å². The summed E-state index contributed by atoms with van der Waals surface area (Å²) in [6.07, 6.45) is 0.337. The number of alkyl halides is 2. The third-order valence-electron chi connectivity index (χ3n) is 3.42. The maximum atomic E-state index is 12.3. The van der Waals surface area contributed by atoms with E-state index in [1.165, 1.54) is 43.5 Å². The lowest BCUT2D eigenvalue weighted by molar-refractivity contribution is -0.123. The van der Waals surface area contributed by atoms with Gasteiger partial charge in [0.25, 0.3) is 11.7 Å². The molecular weight excluding hydrogens is 396 g/mol. The number of hydrogen-bond donors (Lipinski definition) is 1. The Morgan fingerprint density at radius 2 is 1.74 bits per heavy atom. The van der Waals surface area contributed by atoms with E-state index in [4.69, 9.17) is 4.74 Å². The van der Waals surface area contributed by atoms with Crippen LogP contribution in [0.5, 0.6) is 0 Å². The molecule has 0 saturated heterocycles. The normalized spacial score (nSPS) is 13.1. The highest BCUT2D eigenvalue weighted by atomic mass is 32.2. The van der Waals surface area contributed by atoms with E-state index in [1.807, 2.05) is 0 Å². The van der Waals surface area contributed by atoms with Crippen LogP contribution in [-0.2, 0) is 20.3 Å². The Balaban J connectivity index is 1.99. The Bertz CT molecular complexity index is 844. The summed E-state index contributed by atoms with van der Waals surface area (Å²) in [5, 5.41) is 2.54. The lowest BCUT2D eigenvalue weighted by atomic mass is 10.2. The molecule has 0 unspecified atom stereocenters. The lowest BCUT2D eigenvalue weighted by Crippen LogP contribution is -2.30. The second-order valence-corrected chi connectivity index (χ2v) is 7.80. The Morgan fingerprint density at radius 3 is 2.33 bits per heavy atom. The van der Waals surface area contributed by atoms with E-state index in [1.54, 1.807) is 18.2 Å². The molecule has 144 valence electrons. The molecule has 0 bridgehead atoms. The molecule has 0 aromatic heterocycles. The molecule has 9 heteroatoms. The molecule has 0 saturated carbocycles. The molecule has 5 nitrogen and oxygen atoms in total. The molecule has 0 aliphatic rings. The van der Waals surface area contributed by atoms with E-state index in [2.05, 4.69) is 5.32 Å². The molecule has 1 amide bonds. The quantitative estimate of drug-likeness (QED) is 0.550. The standard InChI is InChI=1S/C18H17F2NO4S2/c1-11(25-17(23)14-5-3-4-6-15(14)27(2)24)16(22)21-12-7-9-13(10-8-12)26-18(19)20/h3-11,18H,1-2H3,(H,21,22)/t11-,27-/m0/s1. The minimum atomic E-state index is -2.52. The maximum Gasteiger partial charge on any atom is 0.340 e. The van der Waals surface area contributed by atoms with Crippen molar-refractivity contribution in [1.29, 1.82) is 0 Å². The van der Waals surface area contributed by atoms with Crippen molar-refractivity contribution in [3.8, 4) is 0 Å². The number of ether oxygens (including phenoxy) is 1. The largest absolute Gasteiger partial charge is 0.449 e. The highest BCUT2D eigenvalue weighted by Crippen LogP contribution is 2.26. The van der Waals surface area contributed by atoms with Crippen molar-refractivity contribution >= 4 is 40.1 Å². The summed E-state index contributed by atoms with van der Waals surface area (Å²) < 4.78 is 41.5. The predicted octanol–water partition coefficient (Wildman–Crippen LogP) is 3.92. The first-order chi connectivity index (χ1) is 12.8. The van der Waals surface area contributed by atoms with Gasteiger partial charge in [0.05, 0.1) is 21.3 Å². The van der Waals surface area contributed by atoms with Gasteiger partial charge in [-0.2, -0.15) is 8.78 Å². The van der Waals surface area contributed by atoms with Crippen LogP contribution in [-0.4, -0.2) is 34.2 Å². The first kappa shape index (κ1) is 21.0. The fourth-order valence-electron chi connectivity index (χ4n) is 2.13. The summed E-state index contributed by atoms with van der Waals surface area (Å²) in [7, 11) is -1.38. The number of halogens is 2. The van der Waals surface area contributed by atoms with Gasteiger partial charge in [0.15, 0.2) is 6.10 Å². The van der Waals surface area contributed by atoms with Crippen LogP contribution in [0, 0.1) is 0 Å². The number of thioether (sulfide) groups is 1. The first-order valence-electron chi connectivity index (χ1n) is 7.77. The van der Waals surface area contributed by atoms with Gasteiger partial charge in [-0.3, -0.25) is 9.00 Å². The lowest BCUT2D eigenvalue weighted by Gasteiger charge is -2.15. The number of hydrogen-bond acceptors (Lipinski definition) is 5. The van der Waals surface area contributed by atoms with E-state index in [-0.39, 0.29) is 5.56 Å². The number of rotatable bonds is 7. The maximum absolute atomic E-state index is 12.3. The fraction of sp³-hybridized carbons (Fsp3) is 0.222. The Hall–Kier alpha value is -2.26. The van der Waals surface area contributed by atoms with Crippen LogP contribution in [0.25, 0.3) is 0 Å². The van der Waals surface area contributed by atoms with Crippen molar-refractivity contribution in [1.82, 2.24) is 0 Å². The Labute approximate surface area is 161 Å². The molecule has 0 radical (unpaired) electrons. The van der Waals surface area contributed by atoms with Crippen molar-refractivity contribution in [3.05, 3.63) is 54.1 Å². The average Bonchev–Trinajstić information content (AvgIpc) is 2.62. The monoisotopic (exact) mass is 413 g/mol. The van der Waals surface area contributed by atoms with E-state index in [0.29, 0.717) is 27.2 Å². The SMILES string of the molecule is C[C@H](OC(=O)c1ccccc1[S@](C)=O)C(=O)Nc1ccc(SC(F)F)cc1. The number of amides is 1. The zero-order chi connectivity index (χ0) is 20.0. The Kier molecular flexibility index (Phi) is 7.49. The van der Waals surface area contributed by atoms with Gasteiger partial charge >= 0.3 is 5.97 Å². The van der Waals surface area contributed by atoms with Gasteiger partial charge in [-0.1, -0.05) is 23.9 Å². The molecule has 2 rings (SSSR count). The van der Waals surface area contributed by atoms with Gasteiger partial charge in [-0.25, -0.2) is 4.79 Å². The highest BCUT2D eigenvalue weighted by Gasteiger charge is 2.21. The molecular formula is C18H17F2NO4S2. The number of carbonyl (C=O) groups excluding carboxylic acids is 2. The predicted molar refractivity (Wildman–Crippen MR) is 101 cm³/mol. The molecule has 2 atom stereocenters. The number of esters is 1. The van der Waals surface area contributed by atoms with Crippen LogP contribution in [0.2, 0.25) is 0 Å². The molecule has 0 aliphatic heterocycles. The smallest absolute Gasteiger partial charge is 0.340 e. The van der Waals surface area contributed by atoms with Crippen molar-refractivity contribution in [2.24, 2.45) is 0 Å². The van der Waals surface area contributed by atoms with Crippen LogP contribution < -0.4 is 5.32 Å². The summed E-state index contributed by atoms with van der Waals surface area (Å²) in [6, 6.07) is 12.2. The second kappa shape index (κ2) is 9.61. The summed E-state index contributed by atoms with van der Waals surface area (Å²) >= 11 is 0.402. The third-order valence-corrected chi connectivity index (χ3v) is 5.11. The summed E-state index contributed by atoms with van der Waals surface area (Å²) in [6.45, 7) is 1.40. The summed E-state index contributed by atoms with van der Waals surface area (Å²) in [4.78, 5) is 25.2. The van der Waals surface area contributed by atoms with Crippen molar-refractivity contribution in [2.75, 3.05) is 11.6 Å². The number of anilines is 1. The van der Waals surface area contributed by atoms with Gasteiger partial charge in [0, 0.05) is 16.8 Å². The molecule has 0 spiro atoms. The molecule has 1 N–H and O–H groups in total. The molecule has 2 aromatic rings. The summed E-state index contributed by atoms with van der Waals surface area (Å²) in [5.41, 5.74) is 0.517. The zero-order valence-corrected chi connectivity index (χ0v) is 16.1. The van der Waals surface area contributed by atoms with Crippen molar-refractivity contribution < 1.29 is 27.3 Å².